The Bertz CT molecular complexity index is 243. The van der Waals surface area contributed by atoms with Crippen LogP contribution in [0.4, 0.5) is 4.39 Å². The molecule has 0 aromatic rings. The molecule has 0 bridgehead atoms. The maximum Gasteiger partial charge on any atom is 0.237 e. The van der Waals surface area contributed by atoms with E-state index in [9.17, 15) is 9.18 Å². The van der Waals surface area contributed by atoms with Crippen molar-refractivity contribution in [2.45, 2.75) is 56.8 Å². The molecule has 2 rings (SSSR count). The van der Waals surface area contributed by atoms with Gasteiger partial charge in [-0.05, 0) is 44.4 Å². The van der Waals surface area contributed by atoms with Crippen molar-refractivity contribution in [3.8, 4) is 0 Å². The van der Waals surface area contributed by atoms with Crippen molar-refractivity contribution in [2.24, 2.45) is 11.7 Å². The van der Waals surface area contributed by atoms with E-state index in [4.69, 9.17) is 5.73 Å². The van der Waals surface area contributed by atoms with Gasteiger partial charge in [0.05, 0.1) is 6.04 Å². The molecule has 0 saturated heterocycles. The highest BCUT2D eigenvalue weighted by Crippen LogP contribution is 2.31. The number of hydrogen-bond donors (Lipinski definition) is 2. The van der Waals surface area contributed by atoms with Gasteiger partial charge in [0.1, 0.15) is 6.17 Å². The maximum absolute atomic E-state index is 12.9. The highest BCUT2D eigenvalue weighted by Gasteiger charge is 2.30. The first-order valence-electron chi connectivity index (χ1n) is 5.85. The zero-order chi connectivity index (χ0) is 10.8. The van der Waals surface area contributed by atoms with Gasteiger partial charge in [0.2, 0.25) is 5.91 Å². The van der Waals surface area contributed by atoms with Gasteiger partial charge >= 0.3 is 0 Å². The summed E-state index contributed by atoms with van der Waals surface area (Å²) >= 11 is 0. The van der Waals surface area contributed by atoms with Crippen molar-refractivity contribution < 1.29 is 9.18 Å². The summed E-state index contributed by atoms with van der Waals surface area (Å²) in [6, 6.07) is -0.0815. The molecule has 3 atom stereocenters. The Morgan fingerprint density at radius 2 is 2.13 bits per heavy atom. The number of rotatable bonds is 4. The van der Waals surface area contributed by atoms with Gasteiger partial charge < -0.3 is 11.1 Å². The molecule has 0 aromatic carbocycles. The lowest BCUT2D eigenvalue weighted by atomic mass is 9.98. The van der Waals surface area contributed by atoms with E-state index < -0.39 is 12.2 Å². The lowest BCUT2D eigenvalue weighted by molar-refractivity contribution is -0.122. The number of hydrogen-bond acceptors (Lipinski definition) is 2. The summed E-state index contributed by atoms with van der Waals surface area (Å²) in [6.45, 7) is 0. The summed E-state index contributed by atoms with van der Waals surface area (Å²) < 4.78 is 12.9. The second-order valence-electron chi connectivity index (χ2n) is 4.90. The third kappa shape index (κ3) is 3.16. The van der Waals surface area contributed by atoms with Crippen LogP contribution in [0.3, 0.4) is 0 Å². The SMILES string of the molecule is N[C@@H](CC1CCC(F)C1)C(=O)NC1CC1. The number of carbonyl (C=O) groups excluding carboxylic acids is 1. The van der Waals surface area contributed by atoms with Crippen LogP contribution >= 0.6 is 0 Å². The summed E-state index contributed by atoms with van der Waals surface area (Å²) in [5.74, 6) is 0.250. The van der Waals surface area contributed by atoms with Gasteiger partial charge in [-0.1, -0.05) is 0 Å². The Morgan fingerprint density at radius 3 is 2.67 bits per heavy atom. The lowest BCUT2D eigenvalue weighted by Crippen LogP contribution is -2.42. The summed E-state index contributed by atoms with van der Waals surface area (Å²) in [5, 5.41) is 2.88. The van der Waals surface area contributed by atoms with Crippen LogP contribution in [0.15, 0.2) is 0 Å². The van der Waals surface area contributed by atoms with Crippen LogP contribution in [0, 0.1) is 5.92 Å². The van der Waals surface area contributed by atoms with E-state index in [1.54, 1.807) is 0 Å². The third-order valence-corrected chi connectivity index (χ3v) is 3.33. The van der Waals surface area contributed by atoms with Gasteiger partial charge in [0, 0.05) is 6.04 Å². The van der Waals surface area contributed by atoms with Crippen molar-refractivity contribution in [2.75, 3.05) is 0 Å². The van der Waals surface area contributed by atoms with Crippen LogP contribution in [-0.2, 0) is 4.79 Å². The van der Waals surface area contributed by atoms with E-state index in [-0.39, 0.29) is 5.91 Å². The monoisotopic (exact) mass is 214 g/mol. The minimum atomic E-state index is -0.673. The van der Waals surface area contributed by atoms with Crippen LogP contribution in [0.2, 0.25) is 0 Å². The standard InChI is InChI=1S/C11H19FN2O/c12-8-2-1-7(5-8)6-10(13)11(15)14-9-3-4-9/h7-10H,1-6,13H2,(H,14,15)/t7?,8?,10-/m0/s1. The molecule has 1 amide bonds. The van der Waals surface area contributed by atoms with E-state index >= 15 is 0 Å². The molecule has 2 fully saturated rings. The fourth-order valence-corrected chi connectivity index (χ4v) is 2.23. The Morgan fingerprint density at radius 1 is 1.40 bits per heavy atom. The quantitative estimate of drug-likeness (QED) is 0.737. The van der Waals surface area contributed by atoms with Gasteiger partial charge in [-0.25, -0.2) is 4.39 Å². The second kappa shape index (κ2) is 4.47. The topological polar surface area (TPSA) is 55.1 Å². The summed E-state index contributed by atoms with van der Waals surface area (Å²) in [4.78, 5) is 11.5. The van der Waals surface area contributed by atoms with Gasteiger partial charge in [-0.2, -0.15) is 0 Å². The molecule has 2 aliphatic rings. The first-order chi connectivity index (χ1) is 7.15. The Balaban J connectivity index is 1.70. The zero-order valence-electron chi connectivity index (χ0n) is 8.92. The molecule has 0 spiro atoms. The molecule has 0 radical (unpaired) electrons. The fourth-order valence-electron chi connectivity index (χ4n) is 2.23. The van der Waals surface area contributed by atoms with E-state index in [1.807, 2.05) is 0 Å². The van der Waals surface area contributed by atoms with Crippen LogP contribution in [-0.4, -0.2) is 24.2 Å². The molecule has 4 heteroatoms. The maximum atomic E-state index is 12.9. The predicted molar refractivity (Wildman–Crippen MR) is 56.0 cm³/mol. The number of alkyl halides is 1. The average molecular weight is 214 g/mol. The summed E-state index contributed by atoms with van der Waals surface area (Å²) in [6.07, 6.45) is 4.23. The third-order valence-electron chi connectivity index (χ3n) is 3.33. The highest BCUT2D eigenvalue weighted by atomic mass is 19.1. The number of nitrogens with two attached hydrogens (primary N) is 1. The number of halogens is 1. The Labute approximate surface area is 89.6 Å². The summed E-state index contributed by atoms with van der Waals surface area (Å²) in [7, 11) is 0. The van der Waals surface area contributed by atoms with Crippen molar-refractivity contribution in [1.82, 2.24) is 5.32 Å². The van der Waals surface area contributed by atoms with Gasteiger partial charge in [0.25, 0.3) is 0 Å². The van der Waals surface area contributed by atoms with E-state index in [0.717, 1.165) is 19.3 Å². The second-order valence-corrected chi connectivity index (χ2v) is 4.90. The van der Waals surface area contributed by atoms with Crippen LogP contribution in [0.1, 0.15) is 38.5 Å². The largest absolute Gasteiger partial charge is 0.352 e. The van der Waals surface area contributed by atoms with Crippen LogP contribution in [0.25, 0.3) is 0 Å². The molecule has 2 unspecified atom stereocenters. The van der Waals surface area contributed by atoms with Crippen LogP contribution < -0.4 is 11.1 Å². The van der Waals surface area contributed by atoms with Crippen LogP contribution in [0.5, 0.6) is 0 Å². The molecule has 3 nitrogen and oxygen atoms in total. The fraction of sp³-hybridized carbons (Fsp3) is 0.909. The molecule has 0 aromatic heterocycles. The molecule has 2 aliphatic carbocycles. The molecule has 3 N–H and O–H groups in total. The smallest absolute Gasteiger partial charge is 0.237 e. The Kier molecular flexibility index (Phi) is 3.24. The lowest BCUT2D eigenvalue weighted by Gasteiger charge is -2.15. The number of carbonyl (C=O) groups is 1. The first kappa shape index (κ1) is 10.9. The molecule has 86 valence electrons. The van der Waals surface area contributed by atoms with Gasteiger partial charge in [0.15, 0.2) is 0 Å². The Hall–Kier alpha value is -0.640. The highest BCUT2D eigenvalue weighted by molar-refractivity contribution is 5.82. The molecule has 0 aliphatic heterocycles. The van der Waals surface area contributed by atoms with E-state index in [2.05, 4.69) is 5.32 Å². The normalized spacial score (nSPS) is 32.7. The summed E-state index contributed by atoms with van der Waals surface area (Å²) in [5.41, 5.74) is 5.78. The molecule has 0 heterocycles. The minimum Gasteiger partial charge on any atom is -0.352 e. The van der Waals surface area contributed by atoms with Gasteiger partial charge in [-0.15, -0.1) is 0 Å². The van der Waals surface area contributed by atoms with Crippen molar-refractivity contribution in [1.29, 1.82) is 0 Å². The average Bonchev–Trinajstić information content (AvgIpc) is 2.90. The van der Waals surface area contributed by atoms with Crippen molar-refractivity contribution >= 4 is 5.91 Å². The van der Waals surface area contributed by atoms with E-state index in [0.29, 0.717) is 31.2 Å². The number of amides is 1. The molecule has 15 heavy (non-hydrogen) atoms. The van der Waals surface area contributed by atoms with Crippen molar-refractivity contribution in [3.63, 3.8) is 0 Å². The first-order valence-corrected chi connectivity index (χ1v) is 5.85. The molecule has 2 saturated carbocycles. The molecular formula is C11H19FN2O. The van der Waals surface area contributed by atoms with E-state index in [1.165, 1.54) is 0 Å². The zero-order valence-corrected chi connectivity index (χ0v) is 8.92. The number of nitrogens with one attached hydrogen (secondary N) is 1. The predicted octanol–water partition coefficient (Wildman–Crippen LogP) is 1.12. The minimum absolute atomic E-state index is 0.0557. The van der Waals surface area contributed by atoms with Crippen molar-refractivity contribution in [3.05, 3.63) is 0 Å². The van der Waals surface area contributed by atoms with Gasteiger partial charge in [-0.3, -0.25) is 4.79 Å². The molecular weight excluding hydrogens is 195 g/mol.